The molecule has 0 saturated carbocycles. The predicted octanol–water partition coefficient (Wildman–Crippen LogP) is 3.27. The molecule has 112 valence electrons. The summed E-state index contributed by atoms with van der Waals surface area (Å²) in [5.74, 6) is -0.266. The maximum Gasteiger partial charge on any atom is 0.261 e. The van der Waals surface area contributed by atoms with Crippen molar-refractivity contribution in [2.24, 2.45) is 0 Å². The molecule has 3 rings (SSSR count). The molecule has 4 nitrogen and oxygen atoms in total. The van der Waals surface area contributed by atoms with Crippen LogP contribution in [0.4, 0.5) is 4.39 Å². The van der Waals surface area contributed by atoms with Gasteiger partial charge < -0.3 is 4.74 Å². The van der Waals surface area contributed by atoms with Crippen LogP contribution in [0, 0.1) is 5.82 Å². The van der Waals surface area contributed by atoms with Crippen LogP contribution in [0.1, 0.15) is 0 Å². The molecule has 3 aromatic rings. The Hall–Kier alpha value is -2.40. The van der Waals surface area contributed by atoms with Gasteiger partial charge in [-0.15, -0.1) is 0 Å². The van der Waals surface area contributed by atoms with E-state index in [9.17, 15) is 9.18 Å². The highest BCUT2D eigenvalue weighted by molar-refractivity contribution is 6.31. The van der Waals surface area contributed by atoms with Gasteiger partial charge in [0.05, 0.1) is 23.8 Å². The van der Waals surface area contributed by atoms with E-state index in [4.69, 9.17) is 16.3 Å². The summed E-state index contributed by atoms with van der Waals surface area (Å²) in [5, 5.41) is 1.01. The molecule has 6 heteroatoms. The summed E-state index contributed by atoms with van der Waals surface area (Å²) in [7, 11) is 0. The molecule has 0 N–H and O–H groups in total. The second-order valence-electron chi connectivity index (χ2n) is 4.68. The summed E-state index contributed by atoms with van der Waals surface area (Å²) in [6.07, 6.45) is 1.44. The summed E-state index contributed by atoms with van der Waals surface area (Å²) in [6, 6.07) is 11.1. The fourth-order valence-electron chi connectivity index (χ4n) is 2.11. The number of rotatable bonds is 4. The molecule has 0 unspecified atom stereocenters. The van der Waals surface area contributed by atoms with Gasteiger partial charge in [-0.2, -0.15) is 0 Å². The van der Waals surface area contributed by atoms with E-state index in [0.29, 0.717) is 15.9 Å². The van der Waals surface area contributed by atoms with E-state index in [0.717, 1.165) is 0 Å². The summed E-state index contributed by atoms with van der Waals surface area (Å²) < 4.78 is 20.2. The molecule has 0 bridgehead atoms. The van der Waals surface area contributed by atoms with Gasteiger partial charge >= 0.3 is 0 Å². The number of fused-ring (bicyclic) bond motifs is 1. The molecule has 0 radical (unpaired) electrons. The third-order valence-electron chi connectivity index (χ3n) is 3.21. The summed E-state index contributed by atoms with van der Waals surface area (Å²) in [5.41, 5.74) is 0.363. The van der Waals surface area contributed by atoms with Crippen molar-refractivity contribution in [2.75, 3.05) is 6.61 Å². The highest BCUT2D eigenvalue weighted by Crippen LogP contribution is 2.16. The topological polar surface area (TPSA) is 44.1 Å². The van der Waals surface area contributed by atoms with Gasteiger partial charge in [-0.3, -0.25) is 9.36 Å². The van der Waals surface area contributed by atoms with Crippen LogP contribution in [-0.4, -0.2) is 16.2 Å². The number of para-hydroxylation sites is 1. The van der Waals surface area contributed by atoms with E-state index in [1.165, 1.54) is 17.0 Å². The van der Waals surface area contributed by atoms with Gasteiger partial charge in [0.25, 0.3) is 5.56 Å². The first kappa shape index (κ1) is 14.5. The maximum atomic E-state index is 13.4. The fourth-order valence-corrected chi connectivity index (χ4v) is 2.27. The summed E-state index contributed by atoms with van der Waals surface area (Å²) in [4.78, 5) is 16.5. The monoisotopic (exact) mass is 318 g/mol. The van der Waals surface area contributed by atoms with E-state index in [1.807, 2.05) is 0 Å². The lowest BCUT2D eigenvalue weighted by Crippen LogP contribution is -2.23. The van der Waals surface area contributed by atoms with Crippen LogP contribution < -0.4 is 10.3 Å². The number of benzene rings is 2. The zero-order valence-corrected chi connectivity index (χ0v) is 12.3. The molecule has 22 heavy (non-hydrogen) atoms. The first-order valence-corrected chi connectivity index (χ1v) is 7.05. The smallest absolute Gasteiger partial charge is 0.261 e. The van der Waals surface area contributed by atoms with Crippen molar-refractivity contribution in [3.63, 3.8) is 0 Å². The third kappa shape index (κ3) is 2.94. The normalized spacial score (nSPS) is 10.8. The Morgan fingerprint density at radius 1 is 1.23 bits per heavy atom. The zero-order valence-electron chi connectivity index (χ0n) is 11.5. The Kier molecular flexibility index (Phi) is 4.06. The van der Waals surface area contributed by atoms with E-state index < -0.39 is 5.82 Å². The Morgan fingerprint density at radius 2 is 2.05 bits per heavy atom. The molecule has 0 aliphatic carbocycles. The van der Waals surface area contributed by atoms with Crippen LogP contribution in [0.2, 0.25) is 5.02 Å². The quantitative estimate of drug-likeness (QED) is 0.741. The van der Waals surface area contributed by atoms with Gasteiger partial charge in [0.1, 0.15) is 6.61 Å². The lowest BCUT2D eigenvalue weighted by Gasteiger charge is -2.09. The molecule has 1 heterocycles. The SMILES string of the molecule is O=c1c2ccc(Cl)cc2ncn1CCOc1ccccc1F. The van der Waals surface area contributed by atoms with Crippen molar-refractivity contribution in [3.05, 3.63) is 70.0 Å². The van der Waals surface area contributed by atoms with Crippen LogP contribution in [0.15, 0.2) is 53.6 Å². The zero-order chi connectivity index (χ0) is 15.5. The van der Waals surface area contributed by atoms with E-state index >= 15 is 0 Å². The Bertz CT molecular complexity index is 879. The van der Waals surface area contributed by atoms with Crippen molar-refractivity contribution < 1.29 is 9.13 Å². The average Bonchev–Trinajstić information content (AvgIpc) is 2.51. The molecule has 0 amide bonds. The number of hydrogen-bond donors (Lipinski definition) is 0. The van der Waals surface area contributed by atoms with Crippen molar-refractivity contribution in [1.82, 2.24) is 9.55 Å². The largest absolute Gasteiger partial charge is 0.489 e. The minimum Gasteiger partial charge on any atom is -0.489 e. The van der Waals surface area contributed by atoms with Crippen LogP contribution in [0.25, 0.3) is 10.9 Å². The molecule has 0 fully saturated rings. The van der Waals surface area contributed by atoms with Crippen LogP contribution >= 0.6 is 11.6 Å². The van der Waals surface area contributed by atoms with Crippen LogP contribution in [0.5, 0.6) is 5.75 Å². The molecule has 0 aliphatic heterocycles. The lowest BCUT2D eigenvalue weighted by molar-refractivity contribution is 0.282. The van der Waals surface area contributed by atoms with Gasteiger partial charge in [-0.25, -0.2) is 9.37 Å². The standard InChI is InChI=1S/C16H12ClFN2O2/c17-11-5-6-12-14(9-11)19-10-20(16(12)21)7-8-22-15-4-2-1-3-13(15)18/h1-6,9-10H,7-8H2. The Labute approximate surface area is 130 Å². The molecule has 0 aliphatic rings. The van der Waals surface area contributed by atoms with Crippen LogP contribution in [-0.2, 0) is 6.54 Å². The predicted molar refractivity (Wildman–Crippen MR) is 82.9 cm³/mol. The molecule has 0 spiro atoms. The number of hydrogen-bond acceptors (Lipinski definition) is 3. The van der Waals surface area contributed by atoms with Gasteiger partial charge in [0.2, 0.25) is 0 Å². The molecule has 0 atom stereocenters. The lowest BCUT2D eigenvalue weighted by atomic mass is 10.2. The second-order valence-corrected chi connectivity index (χ2v) is 5.12. The molecule has 2 aromatic carbocycles. The average molecular weight is 319 g/mol. The molecular formula is C16H12ClFN2O2. The molecular weight excluding hydrogens is 307 g/mol. The summed E-state index contributed by atoms with van der Waals surface area (Å²) >= 11 is 5.87. The third-order valence-corrected chi connectivity index (χ3v) is 3.45. The van der Waals surface area contributed by atoms with Gasteiger partial charge in [-0.1, -0.05) is 23.7 Å². The highest BCUT2D eigenvalue weighted by atomic mass is 35.5. The molecule has 0 saturated heterocycles. The minimum absolute atomic E-state index is 0.163. The maximum absolute atomic E-state index is 13.4. The van der Waals surface area contributed by atoms with Crippen molar-refractivity contribution >= 4 is 22.5 Å². The highest BCUT2D eigenvalue weighted by Gasteiger charge is 2.06. The van der Waals surface area contributed by atoms with E-state index in [-0.39, 0.29) is 24.5 Å². The Balaban J connectivity index is 1.77. The minimum atomic E-state index is -0.430. The van der Waals surface area contributed by atoms with Gasteiger partial charge in [0.15, 0.2) is 11.6 Å². The number of ether oxygens (including phenoxy) is 1. The van der Waals surface area contributed by atoms with Crippen LogP contribution in [0.3, 0.4) is 0 Å². The number of nitrogens with zero attached hydrogens (tertiary/aromatic N) is 2. The van der Waals surface area contributed by atoms with E-state index in [2.05, 4.69) is 4.98 Å². The van der Waals surface area contributed by atoms with Crippen molar-refractivity contribution in [3.8, 4) is 5.75 Å². The fraction of sp³-hybridized carbons (Fsp3) is 0.125. The molecule has 1 aromatic heterocycles. The number of aromatic nitrogens is 2. The first-order valence-electron chi connectivity index (χ1n) is 6.67. The van der Waals surface area contributed by atoms with Crippen molar-refractivity contribution in [1.29, 1.82) is 0 Å². The second kappa shape index (κ2) is 6.15. The summed E-state index contributed by atoms with van der Waals surface area (Å²) in [6.45, 7) is 0.445. The Morgan fingerprint density at radius 3 is 2.86 bits per heavy atom. The van der Waals surface area contributed by atoms with Gasteiger partial charge in [0, 0.05) is 5.02 Å². The van der Waals surface area contributed by atoms with Crippen molar-refractivity contribution in [2.45, 2.75) is 6.54 Å². The first-order chi connectivity index (χ1) is 10.6. The van der Waals surface area contributed by atoms with Gasteiger partial charge in [-0.05, 0) is 30.3 Å². The number of halogens is 2. The van der Waals surface area contributed by atoms with E-state index in [1.54, 1.807) is 36.4 Å².